The predicted molar refractivity (Wildman–Crippen MR) is 101 cm³/mol. The van der Waals surface area contributed by atoms with Crippen molar-refractivity contribution in [3.8, 4) is 0 Å². The van der Waals surface area contributed by atoms with Crippen molar-refractivity contribution in [1.29, 1.82) is 0 Å². The lowest BCUT2D eigenvalue weighted by molar-refractivity contribution is -0.0464. The minimum atomic E-state index is 0.725. The van der Waals surface area contributed by atoms with Gasteiger partial charge in [0.2, 0.25) is 0 Å². The first-order chi connectivity index (χ1) is 11.3. The van der Waals surface area contributed by atoms with Crippen LogP contribution in [0.3, 0.4) is 0 Å². The molecule has 0 atom stereocenters. The molecule has 3 heteroatoms. The molecule has 0 fully saturated rings. The third-order valence-electron chi connectivity index (χ3n) is 4.16. The molecule has 0 aliphatic carbocycles. The van der Waals surface area contributed by atoms with Gasteiger partial charge in [-0.25, -0.2) is 0 Å². The Balaban J connectivity index is 3.64. The summed E-state index contributed by atoms with van der Waals surface area (Å²) in [4.78, 5) is 2.32. The molecule has 0 radical (unpaired) electrons. The summed E-state index contributed by atoms with van der Waals surface area (Å²) in [6.45, 7) is 11.0. The maximum absolute atomic E-state index is 5.76. The summed E-state index contributed by atoms with van der Waals surface area (Å²) in [5, 5.41) is 0. The van der Waals surface area contributed by atoms with Gasteiger partial charge in [0, 0.05) is 19.8 Å². The van der Waals surface area contributed by atoms with E-state index in [0.29, 0.717) is 0 Å². The van der Waals surface area contributed by atoms with Crippen LogP contribution in [0.5, 0.6) is 0 Å². The fourth-order valence-electron chi connectivity index (χ4n) is 2.52. The van der Waals surface area contributed by atoms with Crippen LogP contribution < -0.4 is 0 Å². The molecule has 0 unspecified atom stereocenters. The number of unbranched alkanes of at least 4 members (excludes halogenated alkanes) is 9. The predicted octanol–water partition coefficient (Wildman–Crippen LogP) is 5.98. The Bertz CT molecular complexity index is 200. The molecule has 0 spiro atoms. The lowest BCUT2D eigenvalue weighted by Crippen LogP contribution is -2.30. The SMILES string of the molecule is CCCCCCCCCCN(COCCCC)COCCCC. The molecular weight excluding hydrogens is 286 g/mol. The van der Waals surface area contributed by atoms with E-state index in [1.165, 1.54) is 64.2 Å². The minimum absolute atomic E-state index is 0.725. The molecule has 0 saturated heterocycles. The average Bonchev–Trinajstić information content (AvgIpc) is 2.57. The maximum atomic E-state index is 5.76. The van der Waals surface area contributed by atoms with Gasteiger partial charge in [0.1, 0.15) is 13.5 Å². The van der Waals surface area contributed by atoms with Gasteiger partial charge in [-0.3, -0.25) is 4.90 Å². The molecule has 0 aromatic heterocycles. The normalized spacial score (nSPS) is 11.5. The standard InChI is InChI=1S/C20H43NO2/c1-4-7-10-11-12-13-14-15-16-21(19-22-17-8-5-2)20-23-18-9-6-3/h4-20H2,1-3H3. The Labute approximate surface area is 146 Å². The summed E-state index contributed by atoms with van der Waals surface area (Å²) in [5.74, 6) is 0. The van der Waals surface area contributed by atoms with E-state index in [9.17, 15) is 0 Å². The second-order valence-electron chi connectivity index (χ2n) is 6.65. The van der Waals surface area contributed by atoms with Crippen molar-refractivity contribution in [1.82, 2.24) is 4.90 Å². The summed E-state index contributed by atoms with van der Waals surface area (Å²) < 4.78 is 11.5. The van der Waals surface area contributed by atoms with Crippen LogP contribution in [-0.2, 0) is 9.47 Å². The Morgan fingerprint density at radius 1 is 0.522 bits per heavy atom. The number of hydrogen-bond donors (Lipinski definition) is 0. The topological polar surface area (TPSA) is 21.7 Å². The van der Waals surface area contributed by atoms with Crippen molar-refractivity contribution in [2.45, 2.75) is 97.8 Å². The van der Waals surface area contributed by atoms with Crippen molar-refractivity contribution in [2.75, 3.05) is 33.2 Å². The van der Waals surface area contributed by atoms with Crippen LogP contribution in [0.1, 0.15) is 97.8 Å². The number of nitrogens with zero attached hydrogens (tertiary/aromatic N) is 1. The summed E-state index contributed by atoms with van der Waals surface area (Å²) >= 11 is 0. The zero-order valence-corrected chi connectivity index (χ0v) is 16.3. The quantitative estimate of drug-likeness (QED) is 0.215. The third-order valence-corrected chi connectivity index (χ3v) is 4.16. The van der Waals surface area contributed by atoms with Crippen LogP contribution in [0.25, 0.3) is 0 Å². The maximum Gasteiger partial charge on any atom is 0.101 e. The monoisotopic (exact) mass is 329 g/mol. The minimum Gasteiger partial charge on any atom is -0.366 e. The zero-order valence-electron chi connectivity index (χ0n) is 16.3. The van der Waals surface area contributed by atoms with Crippen LogP contribution in [0.15, 0.2) is 0 Å². The van der Waals surface area contributed by atoms with Gasteiger partial charge in [0.25, 0.3) is 0 Å². The number of hydrogen-bond acceptors (Lipinski definition) is 3. The highest BCUT2D eigenvalue weighted by atomic mass is 16.5. The Morgan fingerprint density at radius 3 is 1.43 bits per heavy atom. The van der Waals surface area contributed by atoms with Gasteiger partial charge in [-0.05, 0) is 19.3 Å². The first-order valence-electron chi connectivity index (χ1n) is 10.2. The highest BCUT2D eigenvalue weighted by Crippen LogP contribution is 2.09. The van der Waals surface area contributed by atoms with Crippen LogP contribution in [-0.4, -0.2) is 38.1 Å². The van der Waals surface area contributed by atoms with Gasteiger partial charge in [-0.2, -0.15) is 0 Å². The summed E-state index contributed by atoms with van der Waals surface area (Å²) in [7, 11) is 0. The Morgan fingerprint density at radius 2 is 0.957 bits per heavy atom. The molecule has 0 aliphatic rings. The molecule has 0 aromatic rings. The fourth-order valence-corrected chi connectivity index (χ4v) is 2.52. The van der Waals surface area contributed by atoms with E-state index in [0.717, 1.165) is 46.1 Å². The van der Waals surface area contributed by atoms with Crippen molar-refractivity contribution in [3.63, 3.8) is 0 Å². The number of ether oxygens (including phenoxy) is 2. The molecule has 0 N–H and O–H groups in total. The zero-order chi connectivity index (χ0) is 17.0. The molecule has 0 amide bonds. The average molecular weight is 330 g/mol. The van der Waals surface area contributed by atoms with E-state index >= 15 is 0 Å². The molecule has 0 rings (SSSR count). The molecule has 0 bridgehead atoms. The molecule has 0 aromatic carbocycles. The highest BCUT2D eigenvalue weighted by Gasteiger charge is 2.05. The van der Waals surface area contributed by atoms with E-state index in [4.69, 9.17) is 9.47 Å². The number of rotatable bonds is 19. The van der Waals surface area contributed by atoms with E-state index in [1.54, 1.807) is 0 Å². The van der Waals surface area contributed by atoms with Gasteiger partial charge >= 0.3 is 0 Å². The highest BCUT2D eigenvalue weighted by molar-refractivity contribution is 4.52. The second kappa shape index (κ2) is 19.9. The van der Waals surface area contributed by atoms with E-state index in [1.807, 2.05) is 0 Å². The van der Waals surface area contributed by atoms with Crippen LogP contribution in [0.2, 0.25) is 0 Å². The van der Waals surface area contributed by atoms with Gasteiger partial charge in [0.15, 0.2) is 0 Å². The van der Waals surface area contributed by atoms with Crippen LogP contribution in [0, 0.1) is 0 Å². The molecule has 140 valence electrons. The van der Waals surface area contributed by atoms with Gasteiger partial charge < -0.3 is 9.47 Å². The van der Waals surface area contributed by atoms with E-state index < -0.39 is 0 Å². The third kappa shape index (κ3) is 18.1. The molecule has 0 heterocycles. The van der Waals surface area contributed by atoms with Crippen molar-refractivity contribution in [3.05, 3.63) is 0 Å². The molecule has 23 heavy (non-hydrogen) atoms. The van der Waals surface area contributed by atoms with Crippen LogP contribution in [0.4, 0.5) is 0 Å². The summed E-state index contributed by atoms with van der Waals surface area (Å²) in [6, 6.07) is 0. The molecular formula is C20H43NO2. The van der Waals surface area contributed by atoms with Gasteiger partial charge in [-0.15, -0.1) is 0 Å². The molecule has 3 nitrogen and oxygen atoms in total. The Kier molecular flexibility index (Phi) is 19.8. The lowest BCUT2D eigenvalue weighted by atomic mass is 10.1. The smallest absolute Gasteiger partial charge is 0.101 e. The van der Waals surface area contributed by atoms with Crippen molar-refractivity contribution >= 4 is 0 Å². The van der Waals surface area contributed by atoms with E-state index in [-0.39, 0.29) is 0 Å². The summed E-state index contributed by atoms with van der Waals surface area (Å²) in [6.07, 6.45) is 15.7. The van der Waals surface area contributed by atoms with Gasteiger partial charge in [-0.1, -0.05) is 78.6 Å². The molecule has 0 saturated carbocycles. The van der Waals surface area contributed by atoms with Crippen molar-refractivity contribution in [2.24, 2.45) is 0 Å². The van der Waals surface area contributed by atoms with Crippen molar-refractivity contribution < 1.29 is 9.47 Å². The Hall–Kier alpha value is -0.120. The van der Waals surface area contributed by atoms with Crippen LogP contribution >= 0.6 is 0 Å². The fraction of sp³-hybridized carbons (Fsp3) is 1.00. The first kappa shape index (κ1) is 22.9. The molecule has 0 aliphatic heterocycles. The largest absolute Gasteiger partial charge is 0.366 e. The van der Waals surface area contributed by atoms with E-state index in [2.05, 4.69) is 25.7 Å². The lowest BCUT2D eigenvalue weighted by Gasteiger charge is -2.22. The second-order valence-corrected chi connectivity index (χ2v) is 6.65. The first-order valence-corrected chi connectivity index (χ1v) is 10.2. The van der Waals surface area contributed by atoms with Gasteiger partial charge in [0.05, 0.1) is 0 Å². The summed E-state index contributed by atoms with van der Waals surface area (Å²) in [5.41, 5.74) is 0.